The van der Waals surface area contributed by atoms with Crippen molar-refractivity contribution in [1.29, 1.82) is 0 Å². The Bertz CT molecular complexity index is 3480. The highest BCUT2D eigenvalue weighted by molar-refractivity contribution is 6.10. The van der Waals surface area contributed by atoms with E-state index in [4.69, 9.17) is 4.42 Å². The Morgan fingerprint density at radius 3 is 1.58 bits per heavy atom. The van der Waals surface area contributed by atoms with Crippen LogP contribution in [0.3, 0.4) is 0 Å². The summed E-state index contributed by atoms with van der Waals surface area (Å²) in [5.41, 5.74) is 17.7. The fourth-order valence-corrected chi connectivity index (χ4v) is 10.3. The number of hydrogen-bond acceptors (Lipinski definition) is 3. The van der Waals surface area contributed by atoms with Gasteiger partial charge in [-0.2, -0.15) is 0 Å². The zero-order chi connectivity index (χ0) is 42.8. The molecule has 3 nitrogen and oxygen atoms in total. The van der Waals surface area contributed by atoms with Crippen molar-refractivity contribution >= 4 is 66.8 Å². The van der Waals surface area contributed by atoms with Crippen LogP contribution in [0.15, 0.2) is 235 Å². The first-order valence-corrected chi connectivity index (χ1v) is 22.1. The van der Waals surface area contributed by atoms with Gasteiger partial charge in [0.2, 0.25) is 0 Å². The van der Waals surface area contributed by atoms with Gasteiger partial charge in [0, 0.05) is 44.6 Å². The molecule has 0 amide bonds. The molecule has 0 N–H and O–H groups in total. The molecule has 0 fully saturated rings. The first kappa shape index (κ1) is 37.6. The van der Waals surface area contributed by atoms with Gasteiger partial charge in [-0.25, -0.2) is 0 Å². The van der Waals surface area contributed by atoms with E-state index in [1.54, 1.807) is 0 Å². The van der Waals surface area contributed by atoms with Gasteiger partial charge in [0.15, 0.2) is 5.58 Å². The van der Waals surface area contributed by atoms with Gasteiger partial charge in [-0.15, -0.1) is 0 Å². The van der Waals surface area contributed by atoms with Gasteiger partial charge in [0.25, 0.3) is 0 Å². The van der Waals surface area contributed by atoms with E-state index in [-0.39, 0.29) is 5.41 Å². The molecule has 1 aliphatic carbocycles. The van der Waals surface area contributed by atoms with Crippen LogP contribution in [0.5, 0.6) is 0 Å². The van der Waals surface area contributed by atoms with E-state index in [0.717, 1.165) is 61.6 Å². The minimum Gasteiger partial charge on any atom is -0.454 e. The Kier molecular flexibility index (Phi) is 8.84. The molecule has 0 unspecified atom stereocenters. The molecule has 1 heterocycles. The molecule has 12 rings (SSSR count). The largest absolute Gasteiger partial charge is 0.454 e. The Balaban J connectivity index is 1.18. The second-order valence-electron chi connectivity index (χ2n) is 17.3. The lowest BCUT2D eigenvalue weighted by Gasteiger charge is -2.31. The lowest BCUT2D eigenvalue weighted by molar-refractivity contribution is 0.663. The number of hydrogen-bond donors (Lipinski definition) is 0. The summed E-state index contributed by atoms with van der Waals surface area (Å²) in [4.78, 5) is 4.75. The molecule has 1 aliphatic rings. The summed E-state index contributed by atoms with van der Waals surface area (Å²) < 4.78 is 6.80. The maximum absolute atomic E-state index is 6.80. The summed E-state index contributed by atoms with van der Waals surface area (Å²) in [6, 6.07) is 83.3. The molecule has 64 heavy (non-hydrogen) atoms. The van der Waals surface area contributed by atoms with Crippen LogP contribution in [0, 0.1) is 0 Å². The zero-order valence-electron chi connectivity index (χ0n) is 35.7. The molecule has 0 bridgehead atoms. The monoisotopic (exact) mass is 820 g/mol. The van der Waals surface area contributed by atoms with Crippen LogP contribution in [-0.2, 0) is 5.41 Å². The van der Waals surface area contributed by atoms with Crippen LogP contribution in [0.2, 0.25) is 0 Å². The highest BCUT2D eigenvalue weighted by Gasteiger charge is 2.40. The van der Waals surface area contributed by atoms with Gasteiger partial charge < -0.3 is 14.2 Å². The summed E-state index contributed by atoms with van der Waals surface area (Å²) in [5, 5.41) is 4.69. The van der Waals surface area contributed by atoms with Crippen LogP contribution < -0.4 is 9.80 Å². The average molecular weight is 821 g/mol. The summed E-state index contributed by atoms with van der Waals surface area (Å²) in [5.74, 6) is 0. The predicted molar refractivity (Wildman–Crippen MR) is 269 cm³/mol. The SMILES string of the molecule is CC1(C)c2cc3ccccc3cc2-c2c(-c3ccccc3)ccc(-c3cc(N(c4ccccc4)c4ccccc4)cc(N(c4ccccc4)c4cccc5c4oc4ccccc45)c3)c21. The Morgan fingerprint density at radius 1 is 0.375 bits per heavy atom. The molecule has 0 spiro atoms. The molecule has 10 aromatic carbocycles. The molecule has 0 saturated heterocycles. The number of para-hydroxylation sites is 5. The number of benzene rings is 10. The van der Waals surface area contributed by atoms with E-state index >= 15 is 0 Å². The van der Waals surface area contributed by atoms with E-state index in [1.165, 1.54) is 49.7 Å². The summed E-state index contributed by atoms with van der Waals surface area (Å²) in [6.07, 6.45) is 0. The third-order valence-electron chi connectivity index (χ3n) is 13.1. The van der Waals surface area contributed by atoms with Crippen LogP contribution in [0.1, 0.15) is 25.0 Å². The van der Waals surface area contributed by atoms with Crippen molar-refractivity contribution in [2.24, 2.45) is 0 Å². The predicted octanol–water partition coefficient (Wildman–Crippen LogP) is 17.3. The number of fused-ring (bicyclic) bond motifs is 7. The number of furan rings is 1. The van der Waals surface area contributed by atoms with Crippen molar-refractivity contribution in [2.45, 2.75) is 19.3 Å². The van der Waals surface area contributed by atoms with E-state index in [1.807, 2.05) is 6.07 Å². The second kappa shape index (κ2) is 15.0. The Morgan fingerprint density at radius 2 is 0.906 bits per heavy atom. The fourth-order valence-electron chi connectivity index (χ4n) is 10.3. The van der Waals surface area contributed by atoms with Gasteiger partial charge >= 0.3 is 0 Å². The first-order chi connectivity index (χ1) is 31.5. The quantitative estimate of drug-likeness (QED) is 0.152. The third-order valence-corrected chi connectivity index (χ3v) is 13.1. The number of anilines is 6. The number of rotatable bonds is 8. The van der Waals surface area contributed by atoms with E-state index in [9.17, 15) is 0 Å². The van der Waals surface area contributed by atoms with Gasteiger partial charge in [-0.1, -0.05) is 166 Å². The van der Waals surface area contributed by atoms with Crippen molar-refractivity contribution in [1.82, 2.24) is 0 Å². The van der Waals surface area contributed by atoms with Gasteiger partial charge in [-0.3, -0.25) is 0 Å². The molecular weight excluding hydrogens is 777 g/mol. The Labute approximate surface area is 373 Å². The summed E-state index contributed by atoms with van der Waals surface area (Å²) >= 11 is 0. The first-order valence-electron chi connectivity index (χ1n) is 22.1. The van der Waals surface area contributed by atoms with E-state index in [0.29, 0.717) is 0 Å². The highest BCUT2D eigenvalue weighted by atomic mass is 16.3. The van der Waals surface area contributed by atoms with Crippen LogP contribution >= 0.6 is 0 Å². The smallest absolute Gasteiger partial charge is 0.159 e. The molecule has 0 atom stereocenters. The van der Waals surface area contributed by atoms with E-state index in [2.05, 4.69) is 248 Å². The second-order valence-corrected chi connectivity index (χ2v) is 17.3. The topological polar surface area (TPSA) is 19.6 Å². The minimum atomic E-state index is -0.317. The molecule has 0 radical (unpaired) electrons. The van der Waals surface area contributed by atoms with Crippen molar-refractivity contribution in [3.05, 3.63) is 242 Å². The van der Waals surface area contributed by atoms with Gasteiger partial charge in [-0.05, 0) is 134 Å². The van der Waals surface area contributed by atoms with Crippen molar-refractivity contribution < 1.29 is 4.42 Å². The zero-order valence-corrected chi connectivity index (χ0v) is 35.7. The minimum absolute atomic E-state index is 0.317. The average Bonchev–Trinajstić information content (AvgIpc) is 3.84. The van der Waals surface area contributed by atoms with Gasteiger partial charge in [0.1, 0.15) is 5.58 Å². The maximum Gasteiger partial charge on any atom is 0.159 e. The Hall–Kier alpha value is -8.14. The number of nitrogens with zero attached hydrogens (tertiary/aromatic N) is 2. The van der Waals surface area contributed by atoms with Gasteiger partial charge in [0.05, 0.1) is 5.69 Å². The van der Waals surface area contributed by atoms with E-state index < -0.39 is 0 Å². The van der Waals surface area contributed by atoms with Crippen LogP contribution in [-0.4, -0.2) is 0 Å². The van der Waals surface area contributed by atoms with Crippen molar-refractivity contribution in [3.8, 4) is 33.4 Å². The molecule has 304 valence electrons. The molecular formula is C61H44N2O. The maximum atomic E-state index is 6.80. The summed E-state index contributed by atoms with van der Waals surface area (Å²) in [7, 11) is 0. The van der Waals surface area contributed by atoms with Crippen LogP contribution in [0.4, 0.5) is 34.1 Å². The van der Waals surface area contributed by atoms with Crippen LogP contribution in [0.25, 0.3) is 66.1 Å². The molecule has 3 heteroatoms. The highest BCUT2D eigenvalue weighted by Crippen LogP contribution is 2.57. The molecule has 11 aromatic rings. The summed E-state index contributed by atoms with van der Waals surface area (Å²) in [6.45, 7) is 4.82. The van der Waals surface area contributed by atoms with Crippen molar-refractivity contribution in [2.75, 3.05) is 9.80 Å². The molecule has 1 aromatic heterocycles. The molecule has 0 saturated carbocycles. The standard InChI is InChI=1S/C61H44N2O/c1-61(2)55-39-43-23-16-15-22-42(43)38-54(55)58-50(41-20-7-3-8-21-41)34-35-51(59(58)61)44-36-48(62(45-24-9-4-10-25-45)46-26-11-5-12-27-46)40-49(37-44)63(47-28-13-6-14-29-47)56-32-19-31-53-52-30-17-18-33-57(52)64-60(53)56/h3-40H,1-2H3. The lowest BCUT2D eigenvalue weighted by Crippen LogP contribution is -2.17. The molecule has 0 aliphatic heterocycles. The third kappa shape index (κ3) is 6.12. The fraction of sp³-hybridized carbons (Fsp3) is 0.0492. The van der Waals surface area contributed by atoms with Crippen molar-refractivity contribution in [3.63, 3.8) is 0 Å². The lowest BCUT2D eigenvalue weighted by atomic mass is 9.77. The normalized spacial score (nSPS) is 12.7.